The van der Waals surface area contributed by atoms with Crippen molar-refractivity contribution in [1.29, 1.82) is 0 Å². The van der Waals surface area contributed by atoms with Crippen LogP contribution in [-0.2, 0) is 16.0 Å². The maximum absolute atomic E-state index is 6.18. The molecule has 3 heterocycles. The third-order valence-electron chi connectivity index (χ3n) is 5.94. The normalized spacial score (nSPS) is 25.2. The highest BCUT2D eigenvalue weighted by Crippen LogP contribution is 2.25. The lowest BCUT2D eigenvalue weighted by molar-refractivity contribution is -0.0817. The second-order valence-electron chi connectivity index (χ2n) is 8.07. The molecule has 1 aliphatic carbocycles. The number of morpholine rings is 1. The number of aromatic nitrogens is 1. The lowest BCUT2D eigenvalue weighted by Gasteiger charge is -2.37. The van der Waals surface area contributed by atoms with Gasteiger partial charge in [-0.15, -0.1) is 24.0 Å². The molecule has 0 bridgehead atoms. The van der Waals surface area contributed by atoms with Crippen molar-refractivity contribution >= 4 is 29.9 Å². The van der Waals surface area contributed by atoms with Gasteiger partial charge in [-0.2, -0.15) is 0 Å². The Bertz CT molecular complexity index is 678. The second kappa shape index (κ2) is 12.0. The number of ether oxygens (including phenoxy) is 3. The number of guanidine groups is 1. The van der Waals surface area contributed by atoms with Gasteiger partial charge in [0.2, 0.25) is 5.88 Å². The van der Waals surface area contributed by atoms with E-state index < -0.39 is 0 Å². The highest BCUT2D eigenvalue weighted by molar-refractivity contribution is 14.0. The van der Waals surface area contributed by atoms with E-state index in [1.54, 1.807) is 6.20 Å². The summed E-state index contributed by atoms with van der Waals surface area (Å²) < 4.78 is 18.0. The number of rotatable bonds is 6. The first-order valence-corrected chi connectivity index (χ1v) is 11.2. The molecule has 4 rings (SSSR count). The largest absolute Gasteiger partial charge is 0.474 e. The Morgan fingerprint density at radius 2 is 2.03 bits per heavy atom. The van der Waals surface area contributed by atoms with Crippen molar-refractivity contribution in [3.8, 4) is 5.88 Å². The zero-order valence-corrected chi connectivity index (χ0v) is 20.3. The van der Waals surface area contributed by atoms with Crippen molar-refractivity contribution in [1.82, 2.24) is 15.2 Å². The third-order valence-corrected chi connectivity index (χ3v) is 5.94. The van der Waals surface area contributed by atoms with Crippen LogP contribution in [0.1, 0.15) is 51.0 Å². The van der Waals surface area contributed by atoms with Gasteiger partial charge in [0.05, 0.1) is 19.3 Å². The molecule has 8 heteroatoms. The van der Waals surface area contributed by atoms with Crippen LogP contribution in [-0.4, -0.2) is 67.0 Å². The summed E-state index contributed by atoms with van der Waals surface area (Å²) >= 11 is 0. The molecule has 30 heavy (non-hydrogen) atoms. The summed E-state index contributed by atoms with van der Waals surface area (Å²) in [7, 11) is 0. The van der Waals surface area contributed by atoms with E-state index in [2.05, 4.69) is 28.2 Å². The van der Waals surface area contributed by atoms with E-state index in [1.165, 1.54) is 12.8 Å². The van der Waals surface area contributed by atoms with Gasteiger partial charge in [-0.1, -0.05) is 6.07 Å². The smallest absolute Gasteiger partial charge is 0.218 e. The molecule has 2 saturated heterocycles. The van der Waals surface area contributed by atoms with Crippen molar-refractivity contribution < 1.29 is 14.2 Å². The summed E-state index contributed by atoms with van der Waals surface area (Å²) in [6.07, 6.45) is 9.40. The zero-order chi connectivity index (χ0) is 19.9. The number of halogens is 1. The molecular formula is C22H35IN4O3. The van der Waals surface area contributed by atoms with Crippen LogP contribution in [0.2, 0.25) is 0 Å². The van der Waals surface area contributed by atoms with Gasteiger partial charge in [-0.05, 0) is 51.5 Å². The molecule has 168 valence electrons. The van der Waals surface area contributed by atoms with Crippen molar-refractivity contribution in [2.45, 2.75) is 70.3 Å². The number of nitrogens with one attached hydrogen (secondary N) is 1. The van der Waals surface area contributed by atoms with Crippen molar-refractivity contribution in [3.63, 3.8) is 0 Å². The predicted octanol–water partition coefficient (Wildman–Crippen LogP) is 3.37. The summed E-state index contributed by atoms with van der Waals surface area (Å²) in [6, 6.07) is 4.03. The summed E-state index contributed by atoms with van der Waals surface area (Å²) in [5, 5.41) is 3.44. The molecule has 2 atom stereocenters. The summed E-state index contributed by atoms with van der Waals surface area (Å²) in [4.78, 5) is 11.7. The van der Waals surface area contributed by atoms with Crippen molar-refractivity contribution in [2.75, 3.05) is 32.8 Å². The molecule has 1 aromatic heterocycles. The van der Waals surface area contributed by atoms with E-state index in [0.717, 1.165) is 69.3 Å². The summed E-state index contributed by atoms with van der Waals surface area (Å²) in [6.45, 7) is 6.70. The first-order chi connectivity index (χ1) is 14.3. The summed E-state index contributed by atoms with van der Waals surface area (Å²) in [5.74, 6) is 1.66. The van der Waals surface area contributed by atoms with Gasteiger partial charge in [0.1, 0.15) is 12.2 Å². The number of pyridine rings is 1. The van der Waals surface area contributed by atoms with Crippen LogP contribution >= 0.6 is 24.0 Å². The van der Waals surface area contributed by atoms with Gasteiger partial charge in [0.15, 0.2) is 5.96 Å². The molecule has 0 amide bonds. The predicted molar refractivity (Wildman–Crippen MR) is 128 cm³/mol. The van der Waals surface area contributed by atoms with Gasteiger partial charge in [0, 0.05) is 38.0 Å². The van der Waals surface area contributed by atoms with Crippen LogP contribution in [0.3, 0.4) is 0 Å². The van der Waals surface area contributed by atoms with E-state index in [1.807, 2.05) is 6.07 Å². The number of nitrogens with zero attached hydrogens (tertiary/aromatic N) is 3. The monoisotopic (exact) mass is 530 g/mol. The van der Waals surface area contributed by atoms with E-state index in [-0.39, 0.29) is 36.2 Å². The van der Waals surface area contributed by atoms with Gasteiger partial charge in [0.25, 0.3) is 0 Å². The molecule has 0 spiro atoms. The Morgan fingerprint density at radius 3 is 2.80 bits per heavy atom. The number of aliphatic imine (C=N–C) groups is 1. The molecule has 3 aliphatic rings. The minimum Gasteiger partial charge on any atom is -0.474 e. The van der Waals surface area contributed by atoms with Crippen LogP contribution in [0.4, 0.5) is 0 Å². The molecule has 2 aliphatic heterocycles. The minimum absolute atomic E-state index is 0. The minimum atomic E-state index is 0. The Labute approximate surface area is 197 Å². The Balaban J connectivity index is 0.00000256. The van der Waals surface area contributed by atoms with Crippen LogP contribution in [0.25, 0.3) is 0 Å². The van der Waals surface area contributed by atoms with E-state index in [0.29, 0.717) is 19.3 Å². The second-order valence-corrected chi connectivity index (χ2v) is 8.07. The average molecular weight is 530 g/mol. The Hall–Kier alpha value is -1.13. The highest BCUT2D eigenvalue weighted by atomic mass is 127. The SMILES string of the molecule is CCNC(=NCc1cccnc1OC1CCCC1)N1CCOC(C2CCCO2)C1.I. The average Bonchev–Trinajstić information content (AvgIpc) is 3.46. The van der Waals surface area contributed by atoms with Crippen LogP contribution in [0, 0.1) is 0 Å². The zero-order valence-electron chi connectivity index (χ0n) is 17.9. The fraction of sp³-hybridized carbons (Fsp3) is 0.727. The topological polar surface area (TPSA) is 68.2 Å². The van der Waals surface area contributed by atoms with Crippen LogP contribution < -0.4 is 10.1 Å². The van der Waals surface area contributed by atoms with Gasteiger partial charge >= 0.3 is 0 Å². The van der Waals surface area contributed by atoms with Gasteiger partial charge in [-0.25, -0.2) is 9.98 Å². The number of hydrogen-bond acceptors (Lipinski definition) is 5. The molecule has 2 unspecified atom stereocenters. The molecule has 1 saturated carbocycles. The highest BCUT2D eigenvalue weighted by Gasteiger charge is 2.32. The van der Waals surface area contributed by atoms with Crippen LogP contribution in [0.5, 0.6) is 5.88 Å². The molecule has 1 aromatic rings. The molecule has 3 fully saturated rings. The number of hydrogen-bond donors (Lipinski definition) is 1. The standard InChI is InChI=1S/C22H34N4O3.HI/c1-2-23-22(26-12-14-28-20(16-26)19-10-6-13-27-19)25-15-17-7-5-11-24-21(17)29-18-8-3-4-9-18;/h5,7,11,18-20H,2-4,6,8-10,12-16H2,1H3,(H,23,25);1H. The first-order valence-electron chi connectivity index (χ1n) is 11.2. The fourth-order valence-corrected chi connectivity index (χ4v) is 4.39. The van der Waals surface area contributed by atoms with Gasteiger partial charge < -0.3 is 24.4 Å². The van der Waals surface area contributed by atoms with E-state index in [4.69, 9.17) is 19.2 Å². The molecule has 0 radical (unpaired) electrons. The maximum Gasteiger partial charge on any atom is 0.218 e. The lowest BCUT2D eigenvalue weighted by atomic mass is 10.1. The van der Waals surface area contributed by atoms with E-state index in [9.17, 15) is 0 Å². The third kappa shape index (κ3) is 6.20. The molecule has 0 aromatic carbocycles. The Kier molecular flexibility index (Phi) is 9.45. The Morgan fingerprint density at radius 1 is 1.20 bits per heavy atom. The lowest BCUT2D eigenvalue weighted by Crippen LogP contribution is -2.53. The maximum atomic E-state index is 6.18. The quantitative estimate of drug-likeness (QED) is 0.346. The van der Waals surface area contributed by atoms with Crippen molar-refractivity contribution in [3.05, 3.63) is 23.9 Å². The molecular weight excluding hydrogens is 495 g/mol. The van der Waals surface area contributed by atoms with Crippen molar-refractivity contribution in [2.24, 2.45) is 4.99 Å². The fourth-order valence-electron chi connectivity index (χ4n) is 4.39. The van der Waals surface area contributed by atoms with Crippen LogP contribution in [0.15, 0.2) is 23.3 Å². The van der Waals surface area contributed by atoms with E-state index >= 15 is 0 Å². The van der Waals surface area contributed by atoms with Gasteiger partial charge in [-0.3, -0.25) is 0 Å². The molecule has 1 N–H and O–H groups in total. The molecule has 7 nitrogen and oxygen atoms in total. The first kappa shape index (κ1) is 23.5. The summed E-state index contributed by atoms with van der Waals surface area (Å²) in [5.41, 5.74) is 1.04.